The van der Waals surface area contributed by atoms with E-state index in [1.807, 2.05) is 0 Å². The molecule has 2 rings (SSSR count). The first kappa shape index (κ1) is 13.7. The van der Waals surface area contributed by atoms with Crippen molar-refractivity contribution in [1.29, 1.82) is 0 Å². The molecule has 0 aromatic carbocycles. The number of rotatable bonds is 4. The van der Waals surface area contributed by atoms with Crippen molar-refractivity contribution in [3.63, 3.8) is 0 Å². The van der Waals surface area contributed by atoms with Crippen LogP contribution in [0.25, 0.3) is 0 Å². The quantitative estimate of drug-likeness (QED) is 0.310. The van der Waals surface area contributed by atoms with Gasteiger partial charge in [-0.3, -0.25) is 10.4 Å². The molecular weight excluding hydrogens is 224 g/mol. The predicted octanol–water partition coefficient (Wildman–Crippen LogP) is 1.88. The fourth-order valence-corrected chi connectivity index (χ4v) is 3.64. The molecule has 2 aliphatic rings. The van der Waals surface area contributed by atoms with E-state index in [9.17, 15) is 0 Å². The maximum absolute atomic E-state index is 5.54. The Hall–Kier alpha value is -0.770. The first-order chi connectivity index (χ1) is 8.60. The Morgan fingerprint density at radius 2 is 2.06 bits per heavy atom. The summed E-state index contributed by atoms with van der Waals surface area (Å²) in [6.45, 7) is 7.41. The molecule has 4 atom stereocenters. The Kier molecular flexibility index (Phi) is 4.49. The van der Waals surface area contributed by atoms with Gasteiger partial charge in [-0.2, -0.15) is 0 Å². The zero-order valence-electron chi connectivity index (χ0n) is 11.9. The van der Waals surface area contributed by atoms with E-state index in [1.165, 1.54) is 25.7 Å². The number of nitrogens with zero attached hydrogens (tertiary/aromatic N) is 1. The second-order valence-electron chi connectivity index (χ2n) is 6.50. The van der Waals surface area contributed by atoms with E-state index >= 15 is 0 Å². The summed E-state index contributed by atoms with van der Waals surface area (Å²) < 4.78 is 0. The minimum absolute atomic E-state index is 0.474. The zero-order chi connectivity index (χ0) is 13.1. The molecule has 18 heavy (non-hydrogen) atoms. The van der Waals surface area contributed by atoms with Gasteiger partial charge in [0.1, 0.15) is 0 Å². The molecule has 0 amide bonds. The number of aliphatic imine (C=N–C) groups is 1. The molecule has 4 N–H and O–H groups in total. The number of fused-ring (bicyclic) bond motifs is 2. The number of hydrogen-bond acceptors (Lipinski definition) is 2. The van der Waals surface area contributed by atoms with Crippen LogP contribution in [0.3, 0.4) is 0 Å². The van der Waals surface area contributed by atoms with Crippen LogP contribution >= 0.6 is 0 Å². The maximum Gasteiger partial charge on any atom is 0.205 e. The predicted molar refractivity (Wildman–Crippen MR) is 76.0 cm³/mol. The fraction of sp³-hybridized carbons (Fsp3) is 0.929. The highest BCUT2D eigenvalue weighted by Crippen LogP contribution is 2.49. The third-order valence-electron chi connectivity index (χ3n) is 4.55. The van der Waals surface area contributed by atoms with Gasteiger partial charge in [0.25, 0.3) is 0 Å². The molecule has 0 heterocycles. The number of nitrogens with two attached hydrogens (primary N) is 1. The normalized spacial score (nSPS) is 32.9. The molecule has 0 aliphatic heterocycles. The highest BCUT2D eigenvalue weighted by molar-refractivity contribution is 5.79. The van der Waals surface area contributed by atoms with Crippen LogP contribution < -0.4 is 16.6 Å². The zero-order valence-corrected chi connectivity index (χ0v) is 11.9. The fourth-order valence-electron chi connectivity index (χ4n) is 3.64. The summed E-state index contributed by atoms with van der Waals surface area (Å²) in [5.41, 5.74) is 2.69. The summed E-state index contributed by atoms with van der Waals surface area (Å²) >= 11 is 0. The summed E-state index contributed by atoms with van der Waals surface area (Å²) in [5, 5.41) is 3.46. The van der Waals surface area contributed by atoms with E-state index in [1.54, 1.807) is 0 Å². The van der Waals surface area contributed by atoms with E-state index in [0.717, 1.165) is 30.3 Å². The second-order valence-corrected chi connectivity index (χ2v) is 6.50. The molecule has 4 unspecified atom stereocenters. The van der Waals surface area contributed by atoms with Crippen molar-refractivity contribution in [3.8, 4) is 0 Å². The topological polar surface area (TPSA) is 62.4 Å². The van der Waals surface area contributed by atoms with Gasteiger partial charge in [0, 0.05) is 12.6 Å². The van der Waals surface area contributed by atoms with Crippen LogP contribution in [0.15, 0.2) is 4.99 Å². The Bertz CT molecular complexity index is 300. The van der Waals surface area contributed by atoms with Crippen LogP contribution in [0.5, 0.6) is 0 Å². The average Bonchev–Trinajstić information content (AvgIpc) is 2.95. The smallest absolute Gasteiger partial charge is 0.205 e. The van der Waals surface area contributed by atoms with Crippen LogP contribution in [0.1, 0.15) is 46.5 Å². The molecule has 2 fully saturated rings. The minimum Gasteiger partial charge on any atom is -0.353 e. The number of guanidine groups is 1. The van der Waals surface area contributed by atoms with Crippen molar-refractivity contribution in [2.45, 2.75) is 52.5 Å². The van der Waals surface area contributed by atoms with Crippen molar-refractivity contribution in [1.82, 2.24) is 10.7 Å². The molecule has 0 aromatic rings. The van der Waals surface area contributed by atoms with Crippen molar-refractivity contribution >= 4 is 5.96 Å². The van der Waals surface area contributed by atoms with Crippen LogP contribution in [-0.4, -0.2) is 18.5 Å². The highest BCUT2D eigenvalue weighted by atomic mass is 15.3. The molecule has 4 nitrogen and oxygen atoms in total. The van der Waals surface area contributed by atoms with Crippen LogP contribution in [-0.2, 0) is 0 Å². The molecule has 104 valence electrons. The minimum atomic E-state index is 0.474. The third kappa shape index (κ3) is 3.16. The van der Waals surface area contributed by atoms with Gasteiger partial charge >= 0.3 is 0 Å². The lowest BCUT2D eigenvalue weighted by Crippen LogP contribution is -2.48. The summed E-state index contributed by atoms with van der Waals surface area (Å²) in [6.07, 6.45) is 5.72. The Morgan fingerprint density at radius 3 is 2.56 bits per heavy atom. The van der Waals surface area contributed by atoms with E-state index in [2.05, 4.69) is 36.5 Å². The molecule has 2 aliphatic carbocycles. The molecule has 0 radical (unpaired) electrons. The molecule has 2 bridgehead atoms. The first-order valence-corrected chi connectivity index (χ1v) is 7.37. The number of hydrogen-bond donors (Lipinski definition) is 3. The van der Waals surface area contributed by atoms with Crippen molar-refractivity contribution < 1.29 is 0 Å². The van der Waals surface area contributed by atoms with Crippen LogP contribution in [0.2, 0.25) is 0 Å². The summed E-state index contributed by atoms with van der Waals surface area (Å²) in [4.78, 5) is 4.48. The van der Waals surface area contributed by atoms with Crippen molar-refractivity contribution in [2.75, 3.05) is 6.54 Å². The van der Waals surface area contributed by atoms with E-state index < -0.39 is 0 Å². The van der Waals surface area contributed by atoms with Crippen molar-refractivity contribution in [3.05, 3.63) is 0 Å². The van der Waals surface area contributed by atoms with Crippen molar-refractivity contribution in [2.24, 2.45) is 34.5 Å². The SMILES string of the molecule is CC(C)CN=C(NN)NC(C)C1CC2CCC1C2. The lowest BCUT2D eigenvalue weighted by Gasteiger charge is -2.29. The van der Waals surface area contributed by atoms with Crippen LogP contribution in [0.4, 0.5) is 0 Å². The van der Waals surface area contributed by atoms with Crippen LogP contribution in [0, 0.1) is 23.7 Å². The number of hydrazine groups is 1. The molecular formula is C14H28N4. The molecule has 2 saturated carbocycles. The van der Waals surface area contributed by atoms with Gasteiger partial charge in [-0.05, 0) is 49.9 Å². The summed E-state index contributed by atoms with van der Waals surface area (Å²) in [5.74, 6) is 9.58. The second kappa shape index (κ2) is 5.91. The van der Waals surface area contributed by atoms with E-state index in [-0.39, 0.29) is 0 Å². The molecule has 0 aromatic heterocycles. The van der Waals surface area contributed by atoms with Gasteiger partial charge in [-0.15, -0.1) is 0 Å². The average molecular weight is 252 g/mol. The lowest BCUT2D eigenvalue weighted by atomic mass is 9.84. The Morgan fingerprint density at radius 1 is 1.28 bits per heavy atom. The van der Waals surface area contributed by atoms with Gasteiger partial charge in [-0.25, -0.2) is 5.84 Å². The largest absolute Gasteiger partial charge is 0.353 e. The molecule has 4 heteroatoms. The van der Waals surface area contributed by atoms with Gasteiger partial charge < -0.3 is 5.32 Å². The Balaban J connectivity index is 1.85. The third-order valence-corrected chi connectivity index (χ3v) is 4.55. The molecule has 0 spiro atoms. The summed E-state index contributed by atoms with van der Waals surface area (Å²) in [6, 6.07) is 0.474. The maximum atomic E-state index is 5.54. The first-order valence-electron chi connectivity index (χ1n) is 7.37. The van der Waals surface area contributed by atoms with Gasteiger partial charge in [0.15, 0.2) is 0 Å². The Labute approximate surface area is 111 Å². The standard InChI is InChI=1S/C14H28N4/c1-9(2)8-16-14(18-15)17-10(3)13-7-11-4-5-12(13)6-11/h9-13H,4-8,15H2,1-3H3,(H2,16,17,18). The monoisotopic (exact) mass is 252 g/mol. The summed E-state index contributed by atoms with van der Waals surface area (Å²) in [7, 11) is 0. The van der Waals surface area contributed by atoms with Gasteiger partial charge in [-0.1, -0.05) is 20.3 Å². The van der Waals surface area contributed by atoms with Gasteiger partial charge in [0.05, 0.1) is 0 Å². The van der Waals surface area contributed by atoms with E-state index in [0.29, 0.717) is 12.0 Å². The highest BCUT2D eigenvalue weighted by Gasteiger charge is 2.41. The van der Waals surface area contributed by atoms with Gasteiger partial charge in [0.2, 0.25) is 5.96 Å². The lowest BCUT2D eigenvalue weighted by molar-refractivity contribution is 0.277. The number of nitrogens with one attached hydrogen (secondary N) is 2. The van der Waals surface area contributed by atoms with E-state index in [4.69, 9.17) is 5.84 Å². The molecule has 0 saturated heterocycles.